The average molecular weight is 288 g/mol. The Kier molecular flexibility index (Phi) is 4.28. The van der Waals surface area contributed by atoms with E-state index in [9.17, 15) is 17.2 Å². The van der Waals surface area contributed by atoms with Crippen molar-refractivity contribution in [3.05, 3.63) is 41.5 Å². The van der Waals surface area contributed by atoms with Crippen LogP contribution in [0.15, 0.2) is 34.7 Å². The van der Waals surface area contributed by atoms with E-state index in [0.29, 0.717) is 13.0 Å². The summed E-state index contributed by atoms with van der Waals surface area (Å²) in [5.74, 6) is -2.18. The molecule has 7 heteroatoms. The Morgan fingerprint density at radius 2 is 1.95 bits per heavy atom. The van der Waals surface area contributed by atoms with Crippen LogP contribution in [0.1, 0.15) is 6.42 Å². The second-order valence-corrected chi connectivity index (χ2v) is 5.90. The molecule has 0 fully saturated rings. The van der Waals surface area contributed by atoms with Crippen LogP contribution in [-0.2, 0) is 10.0 Å². The van der Waals surface area contributed by atoms with Crippen molar-refractivity contribution in [1.29, 1.82) is 0 Å². The van der Waals surface area contributed by atoms with Gasteiger partial charge in [-0.05, 0) is 25.1 Å². The molecule has 104 valence electrons. The van der Waals surface area contributed by atoms with Crippen LogP contribution in [0.5, 0.6) is 0 Å². The van der Waals surface area contributed by atoms with Crippen molar-refractivity contribution in [2.75, 3.05) is 19.6 Å². The zero-order chi connectivity index (χ0) is 13.9. The minimum Gasteiger partial charge on any atom is -0.313 e. The van der Waals surface area contributed by atoms with Gasteiger partial charge in [0.05, 0.1) is 0 Å². The predicted octanol–water partition coefficient (Wildman–Crippen LogP) is 1.16. The first-order chi connectivity index (χ1) is 9.00. The monoisotopic (exact) mass is 288 g/mol. The summed E-state index contributed by atoms with van der Waals surface area (Å²) in [6.07, 6.45) is 2.58. The van der Waals surface area contributed by atoms with Gasteiger partial charge < -0.3 is 5.32 Å². The van der Waals surface area contributed by atoms with Gasteiger partial charge >= 0.3 is 0 Å². The van der Waals surface area contributed by atoms with E-state index in [1.165, 1.54) is 0 Å². The molecule has 1 aliphatic heterocycles. The lowest BCUT2D eigenvalue weighted by atomic mass is 10.1. The lowest BCUT2D eigenvalue weighted by molar-refractivity contribution is 0.514. The topological polar surface area (TPSA) is 58.2 Å². The van der Waals surface area contributed by atoms with E-state index in [2.05, 4.69) is 10.0 Å². The Labute approximate surface area is 110 Å². The zero-order valence-electron chi connectivity index (χ0n) is 10.1. The molecule has 0 atom stereocenters. The normalized spacial score (nSPS) is 16.2. The molecule has 0 aliphatic carbocycles. The fourth-order valence-electron chi connectivity index (χ4n) is 1.83. The maximum Gasteiger partial charge on any atom is 0.246 e. The second kappa shape index (κ2) is 5.77. The van der Waals surface area contributed by atoms with Crippen LogP contribution in [0.4, 0.5) is 8.78 Å². The van der Waals surface area contributed by atoms with Gasteiger partial charge in [-0.1, -0.05) is 17.7 Å². The molecule has 1 aromatic rings. The van der Waals surface area contributed by atoms with E-state index in [-0.39, 0.29) is 6.54 Å². The quantitative estimate of drug-likeness (QED) is 0.818. The van der Waals surface area contributed by atoms with Crippen molar-refractivity contribution in [2.24, 2.45) is 0 Å². The summed E-state index contributed by atoms with van der Waals surface area (Å²) in [6, 6.07) is 2.96. The number of nitrogens with one attached hydrogen (secondary N) is 2. The molecule has 2 rings (SSSR count). The lowest BCUT2D eigenvalue weighted by Crippen LogP contribution is -2.30. The van der Waals surface area contributed by atoms with Crippen LogP contribution < -0.4 is 10.0 Å². The third-order valence-electron chi connectivity index (χ3n) is 2.83. The highest BCUT2D eigenvalue weighted by Gasteiger charge is 2.23. The number of hydrogen-bond acceptors (Lipinski definition) is 3. The Morgan fingerprint density at radius 1 is 1.26 bits per heavy atom. The SMILES string of the molecule is O=S(=O)(NCC1=CCNCC1)c1c(F)cccc1F. The van der Waals surface area contributed by atoms with Gasteiger partial charge in [-0.15, -0.1) is 0 Å². The maximum atomic E-state index is 13.4. The summed E-state index contributed by atoms with van der Waals surface area (Å²) >= 11 is 0. The summed E-state index contributed by atoms with van der Waals surface area (Å²) in [5, 5.41) is 3.09. The van der Waals surface area contributed by atoms with Crippen LogP contribution in [0.3, 0.4) is 0 Å². The molecular formula is C12H14F2N2O2S. The molecule has 4 nitrogen and oxygen atoms in total. The zero-order valence-corrected chi connectivity index (χ0v) is 10.9. The Balaban J connectivity index is 2.16. The molecule has 1 heterocycles. The highest BCUT2D eigenvalue weighted by molar-refractivity contribution is 7.89. The molecule has 0 bridgehead atoms. The number of hydrogen-bond donors (Lipinski definition) is 2. The van der Waals surface area contributed by atoms with Crippen molar-refractivity contribution >= 4 is 10.0 Å². The third kappa shape index (κ3) is 3.37. The lowest BCUT2D eigenvalue weighted by Gasteiger charge is -2.15. The molecule has 0 radical (unpaired) electrons. The number of rotatable bonds is 4. The van der Waals surface area contributed by atoms with Gasteiger partial charge in [0.1, 0.15) is 11.6 Å². The third-order valence-corrected chi connectivity index (χ3v) is 4.29. The molecule has 0 spiro atoms. The molecule has 0 saturated heterocycles. The maximum absolute atomic E-state index is 13.4. The summed E-state index contributed by atoms with van der Waals surface area (Å²) in [7, 11) is -4.18. The molecule has 19 heavy (non-hydrogen) atoms. The van der Waals surface area contributed by atoms with Crippen molar-refractivity contribution in [3.63, 3.8) is 0 Å². The summed E-state index contributed by atoms with van der Waals surface area (Å²) in [5.41, 5.74) is 0.902. The number of benzene rings is 1. The van der Waals surface area contributed by atoms with Crippen molar-refractivity contribution in [2.45, 2.75) is 11.3 Å². The van der Waals surface area contributed by atoms with Gasteiger partial charge in [-0.2, -0.15) is 0 Å². The van der Waals surface area contributed by atoms with E-state index < -0.39 is 26.6 Å². The smallest absolute Gasteiger partial charge is 0.246 e. The van der Waals surface area contributed by atoms with Crippen LogP contribution in [0.2, 0.25) is 0 Å². The molecule has 1 aliphatic rings. The van der Waals surface area contributed by atoms with Gasteiger partial charge in [-0.3, -0.25) is 0 Å². The molecule has 1 aromatic carbocycles. The first-order valence-electron chi connectivity index (χ1n) is 5.83. The van der Waals surface area contributed by atoms with Gasteiger partial charge in [0.15, 0.2) is 4.90 Å². The average Bonchev–Trinajstić information content (AvgIpc) is 2.37. The molecule has 0 unspecified atom stereocenters. The number of sulfonamides is 1. The molecule has 2 N–H and O–H groups in total. The fourth-order valence-corrected chi connectivity index (χ4v) is 3.00. The van der Waals surface area contributed by atoms with Crippen molar-refractivity contribution < 1.29 is 17.2 Å². The highest BCUT2D eigenvalue weighted by Crippen LogP contribution is 2.18. The first-order valence-corrected chi connectivity index (χ1v) is 7.31. The van der Waals surface area contributed by atoms with Crippen LogP contribution in [-0.4, -0.2) is 28.1 Å². The van der Waals surface area contributed by atoms with Crippen molar-refractivity contribution in [3.8, 4) is 0 Å². The van der Waals surface area contributed by atoms with Crippen LogP contribution in [0.25, 0.3) is 0 Å². The Hall–Kier alpha value is -1.31. The van der Waals surface area contributed by atoms with E-state index in [1.54, 1.807) is 0 Å². The highest BCUT2D eigenvalue weighted by atomic mass is 32.2. The Morgan fingerprint density at radius 3 is 2.53 bits per heavy atom. The molecule has 0 aromatic heterocycles. The van der Waals surface area contributed by atoms with Gasteiger partial charge in [-0.25, -0.2) is 21.9 Å². The van der Waals surface area contributed by atoms with E-state index >= 15 is 0 Å². The summed E-state index contributed by atoms with van der Waals surface area (Å²) < 4.78 is 52.8. The van der Waals surface area contributed by atoms with Crippen LogP contribution in [0, 0.1) is 11.6 Å². The van der Waals surface area contributed by atoms with Gasteiger partial charge in [0, 0.05) is 13.1 Å². The Bertz CT molecular complexity index is 579. The van der Waals surface area contributed by atoms with E-state index in [0.717, 1.165) is 30.3 Å². The largest absolute Gasteiger partial charge is 0.313 e. The summed E-state index contributed by atoms with van der Waals surface area (Å²) in [4.78, 5) is -0.926. The first kappa shape index (κ1) is 14.1. The predicted molar refractivity (Wildman–Crippen MR) is 67.1 cm³/mol. The minimum atomic E-state index is -4.18. The second-order valence-electron chi connectivity index (χ2n) is 4.19. The minimum absolute atomic E-state index is 0.0672. The van der Waals surface area contributed by atoms with Crippen molar-refractivity contribution in [1.82, 2.24) is 10.0 Å². The van der Waals surface area contributed by atoms with E-state index in [1.807, 2.05) is 6.08 Å². The fraction of sp³-hybridized carbons (Fsp3) is 0.333. The number of halogens is 2. The van der Waals surface area contributed by atoms with Gasteiger partial charge in [0.2, 0.25) is 10.0 Å². The van der Waals surface area contributed by atoms with Crippen LogP contribution >= 0.6 is 0 Å². The molecular weight excluding hydrogens is 274 g/mol. The van der Waals surface area contributed by atoms with E-state index in [4.69, 9.17) is 0 Å². The molecule has 0 amide bonds. The summed E-state index contributed by atoms with van der Waals surface area (Å²) in [6.45, 7) is 1.50. The van der Waals surface area contributed by atoms with Gasteiger partial charge in [0.25, 0.3) is 0 Å². The standard InChI is InChI=1S/C12H14F2N2O2S/c13-10-2-1-3-11(14)12(10)19(17,18)16-8-9-4-6-15-7-5-9/h1-4,15-16H,5-8H2. The molecule has 0 saturated carbocycles.